The number of para-hydroxylation sites is 1. The minimum absolute atomic E-state index is 0.0393. The number of nitrogens with one attached hydrogen (secondary N) is 1. The molecule has 0 spiro atoms. The van der Waals surface area contributed by atoms with Crippen LogP contribution in [-0.4, -0.2) is 5.91 Å². The monoisotopic (exact) mass is 281 g/mol. The van der Waals surface area contributed by atoms with E-state index in [1.165, 1.54) is 5.56 Å². The van der Waals surface area contributed by atoms with E-state index in [1.54, 1.807) is 0 Å². The van der Waals surface area contributed by atoms with Gasteiger partial charge in [0.05, 0.1) is 5.92 Å². The quantitative estimate of drug-likeness (QED) is 0.850. The molecule has 2 nitrogen and oxygen atoms in total. The van der Waals surface area contributed by atoms with Crippen molar-refractivity contribution in [2.75, 3.05) is 5.32 Å². The highest BCUT2D eigenvalue weighted by atomic mass is 16.1. The highest BCUT2D eigenvalue weighted by Gasteiger charge is 2.18. The summed E-state index contributed by atoms with van der Waals surface area (Å²) >= 11 is 0. The summed E-state index contributed by atoms with van der Waals surface area (Å²) in [5.41, 5.74) is 3.23. The molecule has 2 rings (SSSR count). The van der Waals surface area contributed by atoms with Crippen molar-refractivity contribution in [1.82, 2.24) is 0 Å². The van der Waals surface area contributed by atoms with E-state index in [-0.39, 0.29) is 11.8 Å². The standard InChI is InChI=1S/C19H23NO/c1-14(2)13-16-9-7-8-12-18(16)15(3)19(21)20-17-10-5-4-6-11-17/h4-12,14-15H,13H2,1-3H3,(H,20,21)/t15-/m0/s1. The van der Waals surface area contributed by atoms with Gasteiger partial charge in [-0.2, -0.15) is 0 Å². The molecule has 0 saturated heterocycles. The lowest BCUT2D eigenvalue weighted by molar-refractivity contribution is -0.117. The van der Waals surface area contributed by atoms with Crippen molar-refractivity contribution in [3.05, 3.63) is 65.7 Å². The summed E-state index contributed by atoms with van der Waals surface area (Å²) in [6.07, 6.45) is 0.999. The fraction of sp³-hybridized carbons (Fsp3) is 0.316. The first kappa shape index (κ1) is 15.3. The summed E-state index contributed by atoms with van der Waals surface area (Å²) in [4.78, 5) is 12.4. The highest BCUT2D eigenvalue weighted by molar-refractivity contribution is 5.95. The lowest BCUT2D eigenvalue weighted by atomic mass is 9.90. The van der Waals surface area contributed by atoms with E-state index in [1.807, 2.05) is 49.4 Å². The molecule has 0 saturated carbocycles. The third kappa shape index (κ3) is 4.19. The Hall–Kier alpha value is -2.09. The van der Waals surface area contributed by atoms with Crippen LogP contribution in [0.1, 0.15) is 37.8 Å². The van der Waals surface area contributed by atoms with Gasteiger partial charge >= 0.3 is 0 Å². The van der Waals surface area contributed by atoms with Crippen LogP contribution in [0.15, 0.2) is 54.6 Å². The molecule has 1 amide bonds. The van der Waals surface area contributed by atoms with Crippen LogP contribution >= 0.6 is 0 Å². The number of hydrogen-bond donors (Lipinski definition) is 1. The molecule has 2 heteroatoms. The number of hydrogen-bond acceptors (Lipinski definition) is 1. The Bertz CT molecular complexity index is 590. The third-order valence-electron chi connectivity index (χ3n) is 3.58. The number of amides is 1. The maximum atomic E-state index is 12.4. The zero-order valence-corrected chi connectivity index (χ0v) is 13.0. The molecule has 1 N–H and O–H groups in total. The average molecular weight is 281 g/mol. The second-order valence-corrected chi connectivity index (χ2v) is 5.87. The molecule has 0 unspecified atom stereocenters. The molecule has 110 valence electrons. The van der Waals surface area contributed by atoms with Crippen molar-refractivity contribution in [3.8, 4) is 0 Å². The molecule has 0 fully saturated rings. The summed E-state index contributed by atoms with van der Waals surface area (Å²) in [5, 5.41) is 2.98. The van der Waals surface area contributed by atoms with Gasteiger partial charge in [-0.15, -0.1) is 0 Å². The molecule has 0 aromatic heterocycles. The Morgan fingerprint density at radius 1 is 0.952 bits per heavy atom. The molecule has 0 aliphatic heterocycles. The molecule has 0 aliphatic rings. The minimum Gasteiger partial charge on any atom is -0.326 e. The largest absolute Gasteiger partial charge is 0.326 e. The van der Waals surface area contributed by atoms with E-state index in [9.17, 15) is 4.79 Å². The fourth-order valence-electron chi connectivity index (χ4n) is 2.50. The molecule has 1 atom stereocenters. The van der Waals surface area contributed by atoms with Crippen molar-refractivity contribution in [3.63, 3.8) is 0 Å². The predicted octanol–water partition coefficient (Wildman–Crippen LogP) is 4.63. The number of carbonyl (C=O) groups excluding carboxylic acids is 1. The fourth-order valence-corrected chi connectivity index (χ4v) is 2.50. The summed E-state index contributed by atoms with van der Waals surface area (Å²) < 4.78 is 0. The molecular weight excluding hydrogens is 258 g/mol. The third-order valence-corrected chi connectivity index (χ3v) is 3.58. The average Bonchev–Trinajstić information content (AvgIpc) is 2.47. The molecule has 21 heavy (non-hydrogen) atoms. The maximum Gasteiger partial charge on any atom is 0.231 e. The SMILES string of the molecule is CC(C)Cc1ccccc1[C@H](C)C(=O)Nc1ccccc1. The van der Waals surface area contributed by atoms with Gasteiger partial charge in [-0.25, -0.2) is 0 Å². The zero-order chi connectivity index (χ0) is 15.2. The van der Waals surface area contributed by atoms with Crippen molar-refractivity contribution in [1.29, 1.82) is 0 Å². The highest BCUT2D eigenvalue weighted by Crippen LogP contribution is 2.23. The van der Waals surface area contributed by atoms with Crippen LogP contribution in [0.5, 0.6) is 0 Å². The summed E-state index contributed by atoms with van der Waals surface area (Å²) in [5.74, 6) is 0.466. The first-order valence-electron chi connectivity index (χ1n) is 7.51. The van der Waals surface area contributed by atoms with Gasteiger partial charge in [0, 0.05) is 5.69 Å². The Kier molecular flexibility index (Phi) is 5.15. The Balaban J connectivity index is 2.16. The molecule has 0 aliphatic carbocycles. The van der Waals surface area contributed by atoms with E-state index in [0.717, 1.165) is 17.7 Å². The molecular formula is C19H23NO. The van der Waals surface area contributed by atoms with Gasteiger partial charge in [0.2, 0.25) is 5.91 Å². The van der Waals surface area contributed by atoms with E-state index in [4.69, 9.17) is 0 Å². The van der Waals surface area contributed by atoms with Gasteiger partial charge < -0.3 is 5.32 Å². The first-order valence-corrected chi connectivity index (χ1v) is 7.51. The van der Waals surface area contributed by atoms with E-state index < -0.39 is 0 Å². The Morgan fingerprint density at radius 3 is 2.24 bits per heavy atom. The van der Waals surface area contributed by atoms with E-state index in [2.05, 4.69) is 31.3 Å². The topological polar surface area (TPSA) is 29.1 Å². The maximum absolute atomic E-state index is 12.4. The van der Waals surface area contributed by atoms with Gasteiger partial charge in [-0.1, -0.05) is 56.3 Å². The van der Waals surface area contributed by atoms with E-state index in [0.29, 0.717) is 5.92 Å². The predicted molar refractivity (Wildman–Crippen MR) is 88.5 cm³/mol. The van der Waals surface area contributed by atoms with E-state index >= 15 is 0 Å². The van der Waals surface area contributed by atoms with Gasteiger partial charge in [0.15, 0.2) is 0 Å². The summed E-state index contributed by atoms with van der Waals surface area (Å²) in [7, 11) is 0. The van der Waals surface area contributed by atoms with Crippen LogP contribution in [-0.2, 0) is 11.2 Å². The van der Waals surface area contributed by atoms with Crippen LogP contribution in [0, 0.1) is 5.92 Å². The second kappa shape index (κ2) is 7.07. The number of rotatable bonds is 5. The lowest BCUT2D eigenvalue weighted by Gasteiger charge is -2.17. The number of benzene rings is 2. The summed E-state index contributed by atoms with van der Waals surface area (Å²) in [6, 6.07) is 17.8. The van der Waals surface area contributed by atoms with Crippen LogP contribution in [0.25, 0.3) is 0 Å². The van der Waals surface area contributed by atoms with Gasteiger partial charge in [-0.3, -0.25) is 4.79 Å². The van der Waals surface area contributed by atoms with Crippen LogP contribution < -0.4 is 5.32 Å². The normalized spacial score (nSPS) is 12.2. The van der Waals surface area contributed by atoms with Crippen molar-refractivity contribution < 1.29 is 4.79 Å². The second-order valence-electron chi connectivity index (χ2n) is 5.87. The molecule has 0 heterocycles. The Morgan fingerprint density at radius 2 is 1.57 bits per heavy atom. The molecule has 0 radical (unpaired) electrons. The molecule has 0 bridgehead atoms. The van der Waals surface area contributed by atoms with Crippen LogP contribution in [0.4, 0.5) is 5.69 Å². The van der Waals surface area contributed by atoms with Crippen LogP contribution in [0.3, 0.4) is 0 Å². The van der Waals surface area contributed by atoms with Crippen molar-refractivity contribution in [2.45, 2.75) is 33.1 Å². The van der Waals surface area contributed by atoms with Gasteiger partial charge in [0.1, 0.15) is 0 Å². The molecule has 2 aromatic carbocycles. The van der Waals surface area contributed by atoms with Gasteiger partial charge in [-0.05, 0) is 42.5 Å². The number of carbonyl (C=O) groups is 1. The van der Waals surface area contributed by atoms with Crippen molar-refractivity contribution in [2.24, 2.45) is 5.92 Å². The van der Waals surface area contributed by atoms with Gasteiger partial charge in [0.25, 0.3) is 0 Å². The van der Waals surface area contributed by atoms with Crippen LogP contribution in [0.2, 0.25) is 0 Å². The zero-order valence-electron chi connectivity index (χ0n) is 13.0. The summed E-state index contributed by atoms with van der Waals surface area (Å²) in [6.45, 7) is 6.37. The lowest BCUT2D eigenvalue weighted by Crippen LogP contribution is -2.20. The Labute approximate surface area is 127 Å². The minimum atomic E-state index is -0.153. The molecule has 2 aromatic rings. The number of anilines is 1. The first-order chi connectivity index (χ1) is 10.1. The van der Waals surface area contributed by atoms with Crippen molar-refractivity contribution >= 4 is 11.6 Å². The smallest absolute Gasteiger partial charge is 0.231 e.